The van der Waals surface area contributed by atoms with Crippen LogP contribution in [-0.4, -0.2) is 48.8 Å². The van der Waals surface area contributed by atoms with Crippen LogP contribution in [0.5, 0.6) is 0 Å². The fraction of sp³-hybridized carbons (Fsp3) is 0.0426. The Morgan fingerprint density at radius 2 is 0.981 bits per heavy atom. The fourth-order valence-electron chi connectivity index (χ4n) is 8.53. The molecule has 240 valence electrons. The Labute approximate surface area is 320 Å². The first kappa shape index (κ1) is 32.7. The zero-order chi connectivity index (χ0) is 36.7. The Balaban J connectivity index is 1.20. The number of benzene rings is 8. The Hall–Kier alpha value is -5.93. The minimum atomic E-state index is 0.175. The van der Waals surface area contributed by atoms with Crippen LogP contribution in [0.4, 0.5) is 0 Å². The van der Waals surface area contributed by atoms with E-state index in [2.05, 4.69) is 115 Å². The monoisotopic (exact) mass is 674 g/mol. The van der Waals surface area contributed by atoms with Crippen LogP contribution in [0, 0.1) is 0 Å². The zero-order valence-corrected chi connectivity index (χ0v) is 29.5. The molecule has 7 heteroatoms. The summed E-state index contributed by atoms with van der Waals surface area (Å²) in [6.45, 7) is 0. The third kappa shape index (κ3) is 4.84. The number of imidazole rings is 1. The number of nitrogens with zero attached hydrogens (tertiary/aromatic N) is 2. The van der Waals surface area contributed by atoms with Gasteiger partial charge in [0.1, 0.15) is 45.1 Å². The molecule has 1 heterocycles. The van der Waals surface area contributed by atoms with Crippen LogP contribution in [0.15, 0.2) is 127 Å². The maximum atomic E-state index is 6.62. The smallest absolute Gasteiger partial charge is 0.145 e. The molecule has 9 aromatic rings. The van der Waals surface area contributed by atoms with E-state index in [9.17, 15) is 0 Å². The normalized spacial score (nSPS) is 12.6. The van der Waals surface area contributed by atoms with Gasteiger partial charge in [-0.2, -0.15) is 0 Å². The Bertz CT molecular complexity index is 3130. The summed E-state index contributed by atoms with van der Waals surface area (Å²) in [4.78, 5) is 5.07. The molecule has 0 unspecified atom stereocenters. The van der Waals surface area contributed by atoms with Crippen LogP contribution >= 0.6 is 0 Å². The van der Waals surface area contributed by atoms with Gasteiger partial charge in [0.2, 0.25) is 0 Å². The van der Waals surface area contributed by atoms with E-state index < -0.39 is 0 Å². The van der Waals surface area contributed by atoms with Crippen molar-refractivity contribution < 1.29 is 0 Å². The molecule has 54 heavy (non-hydrogen) atoms. The molecule has 0 N–H and O–H groups in total. The molecule has 2 nitrogen and oxygen atoms in total. The molecule has 0 bridgehead atoms. The first-order valence-corrected chi connectivity index (χ1v) is 18.2. The van der Waals surface area contributed by atoms with Crippen LogP contribution < -0.4 is 37.8 Å². The van der Waals surface area contributed by atoms with Crippen molar-refractivity contribution in [2.75, 3.05) is 0 Å². The van der Waals surface area contributed by atoms with Crippen LogP contribution in [0.1, 0.15) is 12.8 Å². The quantitative estimate of drug-likeness (QED) is 0.194. The van der Waals surface area contributed by atoms with E-state index in [4.69, 9.17) is 44.2 Å². The summed E-state index contributed by atoms with van der Waals surface area (Å²) < 4.78 is 1.93. The lowest BCUT2D eigenvalue weighted by atomic mass is 9.61. The minimum absolute atomic E-state index is 0.175. The van der Waals surface area contributed by atoms with Gasteiger partial charge >= 0.3 is 0 Å². The highest BCUT2D eigenvalue weighted by atomic mass is 15.1. The van der Waals surface area contributed by atoms with Crippen LogP contribution in [-0.2, 0) is 0 Å². The van der Waals surface area contributed by atoms with Gasteiger partial charge in [-0.3, -0.25) is 4.57 Å². The molecule has 1 aromatic heterocycles. The molecule has 10 rings (SSSR count). The highest BCUT2D eigenvalue weighted by Crippen LogP contribution is 2.39. The first-order chi connectivity index (χ1) is 26.4. The molecule has 0 amide bonds. The van der Waals surface area contributed by atoms with Gasteiger partial charge in [0.25, 0.3) is 0 Å². The first-order valence-electron chi connectivity index (χ1n) is 18.2. The van der Waals surface area contributed by atoms with Crippen LogP contribution in [0.2, 0.25) is 0 Å². The van der Waals surface area contributed by atoms with Gasteiger partial charge in [0.05, 0.1) is 11.0 Å². The van der Waals surface area contributed by atoms with Gasteiger partial charge in [-0.15, -0.1) is 16.4 Å². The molecular formula is C47H27B5N2. The van der Waals surface area contributed by atoms with Crippen molar-refractivity contribution >= 4 is 122 Å². The zero-order valence-electron chi connectivity index (χ0n) is 29.5. The van der Waals surface area contributed by atoms with Gasteiger partial charge in [0, 0.05) is 11.3 Å². The number of rotatable bonds is 4. The van der Waals surface area contributed by atoms with Crippen molar-refractivity contribution in [3.63, 3.8) is 0 Å². The summed E-state index contributed by atoms with van der Waals surface area (Å²) in [7, 11) is 32.1. The fourth-order valence-corrected chi connectivity index (χ4v) is 8.53. The molecule has 1 aliphatic carbocycles. The third-order valence-electron chi connectivity index (χ3n) is 11.1. The molecule has 0 atom stereocenters. The van der Waals surface area contributed by atoms with Crippen molar-refractivity contribution in [2.45, 2.75) is 12.8 Å². The largest absolute Gasteiger partial charge is 0.294 e. The minimum Gasteiger partial charge on any atom is -0.294 e. The van der Waals surface area contributed by atoms with E-state index in [0.717, 1.165) is 35.0 Å². The highest BCUT2D eigenvalue weighted by molar-refractivity contribution is 6.68. The summed E-state index contributed by atoms with van der Waals surface area (Å²) in [5, 5.41) is 10.0. The summed E-state index contributed by atoms with van der Waals surface area (Å²) >= 11 is 0. The van der Waals surface area contributed by atoms with Crippen molar-refractivity contribution in [2.24, 2.45) is 0 Å². The lowest BCUT2D eigenvalue weighted by Crippen LogP contribution is -2.56. The molecular weight excluding hydrogens is 647 g/mol. The molecule has 8 aromatic carbocycles. The second-order valence-electron chi connectivity index (χ2n) is 14.1. The van der Waals surface area contributed by atoms with Gasteiger partial charge in [-0.25, -0.2) is 4.98 Å². The van der Waals surface area contributed by atoms with Gasteiger partial charge in [-0.05, 0) is 96.0 Å². The molecule has 0 aliphatic heterocycles. The molecule has 0 fully saturated rings. The average Bonchev–Trinajstić information content (AvgIpc) is 3.60. The molecule has 0 saturated carbocycles. The van der Waals surface area contributed by atoms with E-state index in [0.29, 0.717) is 11.5 Å². The third-order valence-corrected chi connectivity index (χ3v) is 11.1. The second-order valence-corrected chi connectivity index (χ2v) is 14.1. The SMILES string of the molecule is [B]c1c([B])c([B])c(-n2c(-c3ccc(-c4c5c(c(-c6cc7ccccc7c7ccccc67)c6ccccc46)=CCCC=5)cc3)nc3ccccc32)c([B])c1[B]. The van der Waals surface area contributed by atoms with Gasteiger partial charge < -0.3 is 0 Å². The van der Waals surface area contributed by atoms with E-state index in [1.54, 1.807) is 0 Å². The van der Waals surface area contributed by atoms with Crippen molar-refractivity contribution in [1.82, 2.24) is 9.55 Å². The predicted octanol–water partition coefficient (Wildman–Crippen LogP) is 4.81. The van der Waals surface area contributed by atoms with E-state index in [1.807, 2.05) is 28.8 Å². The van der Waals surface area contributed by atoms with Crippen LogP contribution in [0.3, 0.4) is 0 Å². The highest BCUT2D eigenvalue weighted by Gasteiger charge is 2.21. The number of hydrogen-bond acceptors (Lipinski definition) is 1. The van der Waals surface area contributed by atoms with E-state index >= 15 is 0 Å². The lowest BCUT2D eigenvalue weighted by Gasteiger charge is -2.23. The number of para-hydroxylation sites is 2. The summed E-state index contributed by atoms with van der Waals surface area (Å²) in [6, 6.07) is 45.1. The molecule has 1 aliphatic rings. The standard InChI is InChI=1S/C47H27B5N2/c48-41-42(49)44(51)46(45(52)43(41)50)54-38-20-10-9-19-37(38)53-47(54)27-23-21-26(22-24-27)39-32-15-5-7-17-34(32)40(35-18-8-6-16-33(35)39)36-25-28-11-1-2-12-29(28)30-13-3-4-14-31(30)36/h1-5,7,9-25H,6,8H2. The molecule has 0 spiro atoms. The van der Waals surface area contributed by atoms with E-state index in [1.165, 1.54) is 59.4 Å². The molecule has 10 radical (unpaired) electrons. The van der Waals surface area contributed by atoms with Gasteiger partial charge in [-0.1, -0.05) is 132 Å². The number of hydrogen-bond donors (Lipinski definition) is 0. The Kier molecular flexibility index (Phi) is 7.63. The topological polar surface area (TPSA) is 17.8 Å². The number of aromatic nitrogens is 2. The summed E-state index contributed by atoms with van der Waals surface area (Å²) in [6.07, 6.45) is 6.82. The second kappa shape index (κ2) is 12.6. The molecule has 0 saturated heterocycles. The maximum absolute atomic E-state index is 6.62. The number of fused-ring (bicyclic) bond motifs is 6. The summed E-state index contributed by atoms with van der Waals surface area (Å²) in [5.41, 5.74) is 8.91. The predicted molar refractivity (Wildman–Crippen MR) is 234 cm³/mol. The van der Waals surface area contributed by atoms with Crippen LogP contribution in [0.25, 0.3) is 94.8 Å². The van der Waals surface area contributed by atoms with Crippen molar-refractivity contribution in [3.05, 3.63) is 138 Å². The average molecular weight is 674 g/mol. The van der Waals surface area contributed by atoms with E-state index in [-0.39, 0.29) is 27.3 Å². The lowest BCUT2D eigenvalue weighted by molar-refractivity contribution is 1.12. The van der Waals surface area contributed by atoms with Crippen molar-refractivity contribution in [1.29, 1.82) is 0 Å². The maximum Gasteiger partial charge on any atom is 0.145 e. The Morgan fingerprint density at radius 1 is 0.463 bits per heavy atom. The summed E-state index contributed by atoms with van der Waals surface area (Å²) in [5.74, 6) is 0.662. The van der Waals surface area contributed by atoms with Gasteiger partial charge in [0.15, 0.2) is 0 Å². The van der Waals surface area contributed by atoms with Crippen molar-refractivity contribution in [3.8, 4) is 39.3 Å². The Morgan fingerprint density at radius 3 is 1.69 bits per heavy atom.